The highest BCUT2D eigenvalue weighted by Gasteiger charge is 2.35. The summed E-state index contributed by atoms with van der Waals surface area (Å²) in [4.78, 5) is 51.4. The molecule has 0 saturated heterocycles. The maximum Gasteiger partial charge on any atom is 0.342 e. The molecular formula is C45H66O9. The molecule has 4 aliphatic carbocycles. The third kappa shape index (κ3) is 12.4. The summed E-state index contributed by atoms with van der Waals surface area (Å²) in [5.74, 6) is 2.71. The van der Waals surface area contributed by atoms with Crippen molar-refractivity contribution in [2.24, 2.45) is 47.3 Å². The van der Waals surface area contributed by atoms with E-state index in [0.29, 0.717) is 11.8 Å². The summed E-state index contributed by atoms with van der Waals surface area (Å²) in [6.45, 7) is 8.12. The van der Waals surface area contributed by atoms with Crippen molar-refractivity contribution < 1.29 is 42.9 Å². The molecule has 1 aromatic carbocycles. The first-order valence-electron chi connectivity index (χ1n) is 21.4. The van der Waals surface area contributed by atoms with Gasteiger partial charge in [0.2, 0.25) is 0 Å². The van der Waals surface area contributed by atoms with Gasteiger partial charge in [-0.2, -0.15) is 0 Å². The Morgan fingerprint density at radius 2 is 1.13 bits per heavy atom. The fourth-order valence-electron chi connectivity index (χ4n) is 9.92. The first-order valence-corrected chi connectivity index (χ1v) is 21.4. The third-order valence-corrected chi connectivity index (χ3v) is 13.3. The van der Waals surface area contributed by atoms with Crippen LogP contribution in [0.15, 0.2) is 30.9 Å². The molecule has 4 saturated carbocycles. The second kappa shape index (κ2) is 21.8. The van der Waals surface area contributed by atoms with Gasteiger partial charge in [-0.15, -0.1) is 0 Å². The SMILES string of the molecule is C=CC(=O)OCCOCCOC(=O)c1cc(OC(=O)C2CCC(C3CCC(CC)CC3)CC2)ccc1OC(=O)C1CCC(C2CCC(CCC)CC2)CC1. The molecule has 5 rings (SSSR count). The zero-order valence-corrected chi connectivity index (χ0v) is 33.1. The van der Waals surface area contributed by atoms with Crippen molar-refractivity contribution in [1.82, 2.24) is 0 Å². The minimum absolute atomic E-state index is 0.0254. The minimum Gasteiger partial charge on any atom is -0.460 e. The quantitative estimate of drug-likeness (QED) is 0.0664. The Labute approximate surface area is 323 Å². The van der Waals surface area contributed by atoms with E-state index in [9.17, 15) is 19.2 Å². The predicted octanol–water partition coefficient (Wildman–Crippen LogP) is 9.84. The number of benzene rings is 1. The first-order chi connectivity index (χ1) is 26.3. The van der Waals surface area contributed by atoms with E-state index in [1.165, 1.54) is 82.8 Å². The minimum atomic E-state index is -0.710. The lowest BCUT2D eigenvalue weighted by molar-refractivity contribution is -0.141. The van der Waals surface area contributed by atoms with E-state index < -0.39 is 11.9 Å². The summed E-state index contributed by atoms with van der Waals surface area (Å²) in [7, 11) is 0. The van der Waals surface area contributed by atoms with E-state index in [2.05, 4.69) is 20.4 Å². The lowest BCUT2D eigenvalue weighted by atomic mass is 9.69. The van der Waals surface area contributed by atoms with Crippen LogP contribution in [0.5, 0.6) is 11.5 Å². The van der Waals surface area contributed by atoms with Gasteiger partial charge in [0.05, 0.1) is 25.0 Å². The number of hydrogen-bond acceptors (Lipinski definition) is 9. The Morgan fingerprint density at radius 3 is 1.65 bits per heavy atom. The Bertz CT molecular complexity index is 1360. The molecule has 9 nitrogen and oxygen atoms in total. The van der Waals surface area contributed by atoms with Gasteiger partial charge in [0.15, 0.2) is 0 Å². The fraction of sp³-hybridized carbons (Fsp3) is 0.733. The molecule has 0 amide bonds. The van der Waals surface area contributed by atoms with Crippen LogP contribution in [0.2, 0.25) is 0 Å². The molecule has 0 atom stereocenters. The molecule has 300 valence electrons. The van der Waals surface area contributed by atoms with Gasteiger partial charge in [-0.25, -0.2) is 9.59 Å². The predicted molar refractivity (Wildman–Crippen MR) is 207 cm³/mol. The van der Waals surface area contributed by atoms with Gasteiger partial charge in [0.25, 0.3) is 0 Å². The molecule has 4 aliphatic rings. The highest BCUT2D eigenvalue weighted by atomic mass is 16.6. The molecule has 0 radical (unpaired) electrons. The van der Waals surface area contributed by atoms with Crippen LogP contribution in [0.3, 0.4) is 0 Å². The van der Waals surface area contributed by atoms with Crippen molar-refractivity contribution in [2.45, 2.75) is 136 Å². The van der Waals surface area contributed by atoms with Gasteiger partial charge < -0.3 is 23.7 Å². The van der Waals surface area contributed by atoms with Crippen LogP contribution >= 0.6 is 0 Å². The fourth-order valence-corrected chi connectivity index (χ4v) is 9.92. The Kier molecular flexibility index (Phi) is 16.9. The van der Waals surface area contributed by atoms with E-state index >= 15 is 0 Å². The average Bonchev–Trinajstić information content (AvgIpc) is 3.21. The summed E-state index contributed by atoms with van der Waals surface area (Å²) >= 11 is 0. The van der Waals surface area contributed by atoms with Gasteiger partial charge in [0, 0.05) is 6.08 Å². The van der Waals surface area contributed by atoms with Crippen molar-refractivity contribution in [3.8, 4) is 11.5 Å². The summed E-state index contributed by atoms with van der Waals surface area (Å²) in [5, 5.41) is 0. The molecular weight excluding hydrogens is 684 g/mol. The average molecular weight is 751 g/mol. The van der Waals surface area contributed by atoms with E-state index in [0.717, 1.165) is 81.1 Å². The molecule has 0 N–H and O–H groups in total. The van der Waals surface area contributed by atoms with Crippen molar-refractivity contribution in [3.05, 3.63) is 36.4 Å². The van der Waals surface area contributed by atoms with E-state index in [1.54, 1.807) is 6.07 Å². The van der Waals surface area contributed by atoms with Gasteiger partial charge in [-0.3, -0.25) is 9.59 Å². The highest BCUT2D eigenvalue weighted by molar-refractivity contribution is 5.94. The standard InChI is InChI=1S/C45H66O9/c1-4-7-32-10-14-34(15-11-32)36-18-22-38(23-19-36)44(48)54-41-25-24-39(30-40(41)45(49)52-29-27-50-26-28-51-42(46)6-3)53-43(47)37-20-16-35(17-21-37)33-12-8-31(5-2)9-13-33/h6,24-25,30-38H,3-5,7-23,26-29H2,1-2H3. The lowest BCUT2D eigenvalue weighted by Crippen LogP contribution is -2.30. The molecule has 9 heteroatoms. The third-order valence-electron chi connectivity index (χ3n) is 13.3. The Balaban J connectivity index is 1.15. The maximum absolute atomic E-state index is 13.5. The summed E-state index contributed by atoms with van der Waals surface area (Å²) in [6, 6.07) is 4.57. The second-order valence-electron chi connectivity index (χ2n) is 16.6. The Morgan fingerprint density at radius 1 is 0.630 bits per heavy atom. The monoisotopic (exact) mass is 750 g/mol. The van der Waals surface area contributed by atoms with Crippen LogP contribution in [0, 0.1) is 47.3 Å². The zero-order chi connectivity index (χ0) is 38.3. The van der Waals surface area contributed by atoms with Crippen molar-refractivity contribution in [2.75, 3.05) is 26.4 Å². The van der Waals surface area contributed by atoms with Crippen LogP contribution in [-0.4, -0.2) is 50.3 Å². The molecule has 0 unspecified atom stereocenters. The molecule has 0 aliphatic heterocycles. The van der Waals surface area contributed by atoms with E-state index in [4.69, 9.17) is 23.7 Å². The van der Waals surface area contributed by atoms with Crippen LogP contribution in [-0.2, 0) is 28.6 Å². The molecule has 1 aromatic rings. The number of carbonyl (C=O) groups excluding carboxylic acids is 4. The van der Waals surface area contributed by atoms with Crippen LogP contribution in [0.4, 0.5) is 0 Å². The van der Waals surface area contributed by atoms with Crippen molar-refractivity contribution in [1.29, 1.82) is 0 Å². The maximum atomic E-state index is 13.5. The van der Waals surface area contributed by atoms with Crippen LogP contribution in [0.1, 0.15) is 146 Å². The number of rotatable bonds is 17. The molecule has 54 heavy (non-hydrogen) atoms. The lowest BCUT2D eigenvalue weighted by Gasteiger charge is -2.37. The van der Waals surface area contributed by atoms with Gasteiger partial charge in [-0.05, 0) is 131 Å². The van der Waals surface area contributed by atoms with Gasteiger partial charge in [0.1, 0.15) is 30.3 Å². The molecule has 0 aromatic heterocycles. The molecule has 0 spiro atoms. The Hall–Kier alpha value is -3.20. The summed E-state index contributed by atoms with van der Waals surface area (Å²) in [5.41, 5.74) is 0.0254. The van der Waals surface area contributed by atoms with E-state index in [1.807, 2.05) is 0 Å². The molecule has 4 fully saturated rings. The largest absolute Gasteiger partial charge is 0.460 e. The molecule has 0 bridgehead atoms. The van der Waals surface area contributed by atoms with Crippen LogP contribution in [0.25, 0.3) is 0 Å². The second-order valence-corrected chi connectivity index (χ2v) is 16.6. The smallest absolute Gasteiger partial charge is 0.342 e. The highest BCUT2D eigenvalue weighted by Crippen LogP contribution is 2.44. The summed E-state index contributed by atoms with van der Waals surface area (Å²) in [6.07, 6.45) is 22.9. The zero-order valence-electron chi connectivity index (χ0n) is 33.1. The molecule has 0 heterocycles. The number of ether oxygens (including phenoxy) is 5. The topological polar surface area (TPSA) is 114 Å². The van der Waals surface area contributed by atoms with E-state index in [-0.39, 0.29) is 67.3 Å². The van der Waals surface area contributed by atoms with Crippen molar-refractivity contribution >= 4 is 23.9 Å². The number of carbonyl (C=O) groups is 4. The summed E-state index contributed by atoms with van der Waals surface area (Å²) < 4.78 is 27.6. The van der Waals surface area contributed by atoms with Crippen molar-refractivity contribution in [3.63, 3.8) is 0 Å². The van der Waals surface area contributed by atoms with Crippen LogP contribution < -0.4 is 9.47 Å². The van der Waals surface area contributed by atoms with Gasteiger partial charge in [-0.1, -0.05) is 65.4 Å². The number of esters is 4. The first kappa shape index (κ1) is 42.0. The van der Waals surface area contributed by atoms with Gasteiger partial charge >= 0.3 is 23.9 Å². The normalized spacial score (nSPS) is 28.7. The number of hydrogen-bond donors (Lipinski definition) is 0.